The Morgan fingerprint density at radius 1 is 1.15 bits per heavy atom. The largest absolute Gasteiger partial charge is 0.396 e. The van der Waals surface area contributed by atoms with Crippen molar-refractivity contribution in [1.82, 2.24) is 10.9 Å². The normalized spacial score (nSPS) is 14.8. The number of hydrogen-bond donors (Lipinski definition) is 3. The molecule has 0 radical (unpaired) electrons. The van der Waals surface area contributed by atoms with Crippen LogP contribution in [0.4, 0.5) is 11.4 Å². The van der Waals surface area contributed by atoms with Crippen LogP contribution in [0.2, 0.25) is 5.02 Å². The second-order valence-electron chi connectivity index (χ2n) is 6.14. The summed E-state index contributed by atoms with van der Waals surface area (Å²) >= 11 is 6.16. The first-order valence-corrected chi connectivity index (χ1v) is 8.96. The fourth-order valence-electron chi connectivity index (χ4n) is 2.96. The Kier molecular flexibility index (Phi) is 5.78. The molecule has 0 fully saturated rings. The molecule has 2 amide bonds. The molecular formula is C20H20ClN3O3. The molecule has 6 nitrogen and oxygen atoms in total. The van der Waals surface area contributed by atoms with Crippen LogP contribution < -0.4 is 15.8 Å². The van der Waals surface area contributed by atoms with E-state index < -0.39 is 0 Å². The highest BCUT2D eigenvalue weighted by molar-refractivity contribution is 6.37. The summed E-state index contributed by atoms with van der Waals surface area (Å²) in [4.78, 5) is 26.5. The summed E-state index contributed by atoms with van der Waals surface area (Å²) in [6.07, 6.45) is 0.577. The van der Waals surface area contributed by atoms with Crippen LogP contribution in [-0.4, -0.2) is 23.5 Å². The van der Waals surface area contributed by atoms with E-state index in [1.807, 2.05) is 30.3 Å². The third-order valence-electron chi connectivity index (χ3n) is 4.23. The van der Waals surface area contributed by atoms with Gasteiger partial charge in [0.15, 0.2) is 0 Å². The fraction of sp³-hybridized carbons (Fsp3) is 0.200. The number of allylic oxidation sites excluding steroid dienone is 1. The molecule has 2 aromatic carbocycles. The molecule has 27 heavy (non-hydrogen) atoms. The van der Waals surface area contributed by atoms with Gasteiger partial charge in [0.1, 0.15) is 0 Å². The third-order valence-corrected chi connectivity index (χ3v) is 4.46. The number of aliphatic hydroxyl groups excluding tert-OH is 1. The highest BCUT2D eigenvalue weighted by Crippen LogP contribution is 2.43. The lowest BCUT2D eigenvalue weighted by Crippen LogP contribution is -2.37. The van der Waals surface area contributed by atoms with Crippen molar-refractivity contribution in [2.45, 2.75) is 19.8 Å². The van der Waals surface area contributed by atoms with Crippen molar-refractivity contribution in [1.29, 1.82) is 0 Å². The van der Waals surface area contributed by atoms with Crippen LogP contribution in [0.25, 0.3) is 5.57 Å². The van der Waals surface area contributed by atoms with Crippen molar-refractivity contribution in [3.8, 4) is 0 Å². The number of benzene rings is 2. The number of carbonyl (C=O) groups excluding carboxylic acids is 2. The lowest BCUT2D eigenvalue weighted by Gasteiger charge is -2.17. The number of hydrogen-bond acceptors (Lipinski definition) is 4. The van der Waals surface area contributed by atoms with E-state index in [4.69, 9.17) is 16.7 Å². The second-order valence-corrected chi connectivity index (χ2v) is 6.57. The summed E-state index contributed by atoms with van der Waals surface area (Å²) in [5.41, 5.74) is 8.53. The molecule has 0 aromatic heterocycles. The van der Waals surface area contributed by atoms with E-state index >= 15 is 0 Å². The Labute approximate surface area is 162 Å². The van der Waals surface area contributed by atoms with Gasteiger partial charge < -0.3 is 10.5 Å². The topological polar surface area (TPSA) is 81.7 Å². The van der Waals surface area contributed by atoms with E-state index in [2.05, 4.69) is 10.9 Å². The molecule has 3 rings (SSSR count). The number of carbonyl (C=O) groups is 2. The van der Waals surface area contributed by atoms with Gasteiger partial charge in [-0.15, -0.1) is 0 Å². The van der Waals surface area contributed by atoms with Gasteiger partial charge >= 0.3 is 0 Å². The smallest absolute Gasteiger partial charge is 0.265 e. The number of amides is 2. The van der Waals surface area contributed by atoms with Gasteiger partial charge in [-0.25, -0.2) is 0 Å². The van der Waals surface area contributed by atoms with Gasteiger partial charge in [0.25, 0.3) is 5.91 Å². The van der Waals surface area contributed by atoms with Gasteiger partial charge in [0.05, 0.1) is 11.3 Å². The maximum absolute atomic E-state index is 13.2. The maximum atomic E-state index is 13.2. The number of halogens is 1. The van der Waals surface area contributed by atoms with E-state index in [9.17, 15) is 9.59 Å². The van der Waals surface area contributed by atoms with Crippen molar-refractivity contribution in [2.24, 2.45) is 0 Å². The van der Waals surface area contributed by atoms with Gasteiger partial charge in [-0.3, -0.25) is 19.9 Å². The Morgan fingerprint density at radius 3 is 2.59 bits per heavy atom. The van der Waals surface area contributed by atoms with Crippen molar-refractivity contribution < 1.29 is 14.7 Å². The first-order valence-electron chi connectivity index (χ1n) is 8.59. The van der Waals surface area contributed by atoms with Crippen molar-refractivity contribution in [3.63, 3.8) is 0 Å². The number of nitrogens with one attached hydrogen (secondary N) is 2. The van der Waals surface area contributed by atoms with Gasteiger partial charge in [-0.2, -0.15) is 0 Å². The zero-order chi connectivity index (χ0) is 19.4. The minimum absolute atomic E-state index is 0.0495. The number of para-hydroxylation sites is 1. The number of nitrogens with zero attached hydrogens (tertiary/aromatic N) is 1. The zero-order valence-electron chi connectivity index (χ0n) is 14.8. The maximum Gasteiger partial charge on any atom is 0.265 e. The van der Waals surface area contributed by atoms with Gasteiger partial charge in [-0.1, -0.05) is 35.9 Å². The summed E-state index contributed by atoms with van der Waals surface area (Å²) in [6.45, 7) is 1.68. The highest BCUT2D eigenvalue weighted by Gasteiger charge is 2.35. The lowest BCUT2D eigenvalue weighted by atomic mass is 10.1. The Morgan fingerprint density at radius 2 is 1.89 bits per heavy atom. The number of rotatable bonds is 6. The fourth-order valence-corrected chi connectivity index (χ4v) is 3.13. The predicted molar refractivity (Wildman–Crippen MR) is 105 cm³/mol. The number of hydrazine groups is 1. The molecule has 7 heteroatoms. The molecule has 1 aliphatic heterocycles. The second kappa shape index (κ2) is 8.24. The van der Waals surface area contributed by atoms with Gasteiger partial charge in [0, 0.05) is 35.0 Å². The monoisotopic (exact) mass is 385 g/mol. The van der Waals surface area contributed by atoms with Crippen LogP contribution in [0.3, 0.4) is 0 Å². The molecule has 0 aliphatic carbocycles. The summed E-state index contributed by atoms with van der Waals surface area (Å²) in [5.74, 6) is -0.459. The third kappa shape index (κ3) is 3.97. The molecule has 0 bridgehead atoms. The number of fused-ring (bicyclic) bond motifs is 1. The molecule has 140 valence electrons. The minimum Gasteiger partial charge on any atom is -0.396 e. The van der Waals surface area contributed by atoms with E-state index in [1.165, 1.54) is 0 Å². The Balaban J connectivity index is 1.95. The quantitative estimate of drug-likeness (QED) is 0.527. The Hall–Kier alpha value is -2.83. The minimum atomic E-state index is -0.259. The Bertz CT molecular complexity index is 897. The van der Waals surface area contributed by atoms with Crippen LogP contribution >= 0.6 is 11.6 Å². The van der Waals surface area contributed by atoms with Crippen LogP contribution in [-0.2, 0) is 9.59 Å². The summed E-state index contributed by atoms with van der Waals surface area (Å²) in [6, 6.07) is 14.6. The first-order chi connectivity index (χ1) is 13.0. The van der Waals surface area contributed by atoms with E-state index in [0.29, 0.717) is 28.4 Å². The molecule has 0 saturated carbocycles. The molecule has 2 aromatic rings. The van der Waals surface area contributed by atoms with Crippen molar-refractivity contribution in [3.05, 3.63) is 64.8 Å². The van der Waals surface area contributed by atoms with Gasteiger partial charge in [-0.05, 0) is 37.6 Å². The van der Waals surface area contributed by atoms with Crippen molar-refractivity contribution in [2.75, 3.05) is 11.5 Å². The van der Waals surface area contributed by atoms with Crippen LogP contribution in [0.1, 0.15) is 25.3 Å². The predicted octanol–water partition coefficient (Wildman–Crippen LogP) is 3.14. The lowest BCUT2D eigenvalue weighted by molar-refractivity contribution is -0.122. The average Bonchev–Trinajstić information content (AvgIpc) is 2.96. The highest BCUT2D eigenvalue weighted by atomic mass is 35.5. The van der Waals surface area contributed by atoms with E-state index in [-0.39, 0.29) is 24.8 Å². The summed E-state index contributed by atoms with van der Waals surface area (Å²) < 4.78 is 0. The molecule has 0 atom stereocenters. The first kappa shape index (κ1) is 18.9. The number of anilines is 2. The molecule has 3 N–H and O–H groups in total. The van der Waals surface area contributed by atoms with E-state index in [0.717, 1.165) is 11.3 Å². The molecular weight excluding hydrogens is 366 g/mol. The number of aliphatic hydroxyl groups is 1. The SMILES string of the molecule is C/C(NNC(=O)CCCO)=C1/C(=O)N(c2ccccc2)c2cc(Cl)ccc21. The van der Waals surface area contributed by atoms with Crippen LogP contribution in [0.5, 0.6) is 0 Å². The average molecular weight is 386 g/mol. The summed E-state index contributed by atoms with van der Waals surface area (Å²) in [5, 5.41) is 9.33. The standard InChI is InChI=1S/C20H20ClN3O3/c1-13(22-23-18(26)8-5-11-25)19-16-10-9-14(21)12-17(16)24(20(19)27)15-6-3-2-4-7-15/h2-4,6-7,9-10,12,22,25H,5,8,11H2,1H3,(H,23,26)/b19-13-. The molecule has 1 heterocycles. The van der Waals surface area contributed by atoms with Crippen LogP contribution in [0, 0.1) is 0 Å². The summed E-state index contributed by atoms with van der Waals surface area (Å²) in [7, 11) is 0. The van der Waals surface area contributed by atoms with Gasteiger partial charge in [0.2, 0.25) is 5.91 Å². The molecule has 0 saturated heterocycles. The molecule has 0 unspecified atom stereocenters. The molecule has 1 aliphatic rings. The van der Waals surface area contributed by atoms with Crippen molar-refractivity contribution >= 4 is 40.4 Å². The van der Waals surface area contributed by atoms with Crippen LogP contribution in [0.15, 0.2) is 54.2 Å². The molecule has 0 spiro atoms. The zero-order valence-corrected chi connectivity index (χ0v) is 15.6. The van der Waals surface area contributed by atoms with E-state index in [1.54, 1.807) is 30.0 Å².